The van der Waals surface area contributed by atoms with Crippen LogP contribution in [0, 0.1) is 0 Å². The summed E-state index contributed by atoms with van der Waals surface area (Å²) < 4.78 is 0. The molecule has 1 aliphatic heterocycles. The van der Waals surface area contributed by atoms with Crippen molar-refractivity contribution < 1.29 is 4.79 Å². The fourth-order valence-corrected chi connectivity index (χ4v) is 3.04. The summed E-state index contributed by atoms with van der Waals surface area (Å²) in [5, 5.41) is 4.28. The number of para-hydroxylation sites is 1. The maximum absolute atomic E-state index is 12.4. The Morgan fingerprint density at radius 3 is 2.50 bits per heavy atom. The smallest absolute Gasteiger partial charge is 0.253 e. The van der Waals surface area contributed by atoms with Gasteiger partial charge in [0.1, 0.15) is 12.1 Å². The summed E-state index contributed by atoms with van der Waals surface area (Å²) in [7, 11) is 0. The first-order valence-corrected chi connectivity index (χ1v) is 8.17. The molecule has 2 heterocycles. The lowest BCUT2D eigenvalue weighted by Gasteiger charge is -2.15. The van der Waals surface area contributed by atoms with Gasteiger partial charge in [0.15, 0.2) is 0 Å². The van der Waals surface area contributed by atoms with E-state index in [4.69, 9.17) is 0 Å². The Morgan fingerprint density at radius 1 is 0.958 bits per heavy atom. The highest BCUT2D eigenvalue weighted by atomic mass is 16.2. The van der Waals surface area contributed by atoms with E-state index in [0.29, 0.717) is 0 Å². The highest BCUT2D eigenvalue weighted by Crippen LogP contribution is 2.23. The van der Waals surface area contributed by atoms with E-state index in [-0.39, 0.29) is 5.91 Å². The minimum absolute atomic E-state index is 0.117. The second-order valence-corrected chi connectivity index (χ2v) is 5.94. The van der Waals surface area contributed by atoms with Gasteiger partial charge in [0.05, 0.1) is 5.52 Å². The zero-order valence-electron chi connectivity index (χ0n) is 13.3. The average molecular weight is 318 g/mol. The van der Waals surface area contributed by atoms with Gasteiger partial charge in [0.25, 0.3) is 5.91 Å². The Labute approximate surface area is 140 Å². The zero-order chi connectivity index (χ0) is 16.4. The summed E-state index contributed by atoms with van der Waals surface area (Å²) in [6.07, 6.45) is 3.76. The van der Waals surface area contributed by atoms with Crippen LogP contribution in [-0.4, -0.2) is 33.9 Å². The minimum atomic E-state index is 0.117. The number of likely N-dealkylation sites (tertiary alicyclic amines) is 1. The number of rotatable bonds is 3. The molecule has 0 spiro atoms. The number of hydrogen-bond donors (Lipinski definition) is 1. The predicted molar refractivity (Wildman–Crippen MR) is 94.4 cm³/mol. The molecule has 1 saturated heterocycles. The molecule has 0 radical (unpaired) electrons. The standard InChI is InChI=1S/C19H18N4O/c24-19(23-11-3-4-12-23)14-7-9-15(10-8-14)22-18-16-5-1-2-6-17(16)20-13-21-18/h1-2,5-10,13H,3-4,11-12H2,(H,20,21,22). The molecule has 0 bridgehead atoms. The molecular weight excluding hydrogens is 300 g/mol. The first-order chi connectivity index (χ1) is 11.8. The lowest BCUT2D eigenvalue weighted by Crippen LogP contribution is -2.27. The van der Waals surface area contributed by atoms with Crippen molar-refractivity contribution in [3.63, 3.8) is 0 Å². The van der Waals surface area contributed by atoms with Gasteiger partial charge in [0.2, 0.25) is 0 Å². The third-order valence-corrected chi connectivity index (χ3v) is 4.33. The molecule has 0 aliphatic carbocycles. The van der Waals surface area contributed by atoms with Gasteiger partial charge >= 0.3 is 0 Å². The summed E-state index contributed by atoms with van der Waals surface area (Å²) >= 11 is 0. The number of nitrogens with zero attached hydrogens (tertiary/aromatic N) is 3. The number of hydrogen-bond acceptors (Lipinski definition) is 4. The SMILES string of the molecule is O=C(c1ccc(Nc2ncnc3ccccc23)cc1)N1CCCC1. The lowest BCUT2D eigenvalue weighted by atomic mass is 10.1. The fraction of sp³-hybridized carbons (Fsp3) is 0.211. The van der Waals surface area contributed by atoms with Crippen molar-refractivity contribution in [2.24, 2.45) is 0 Å². The van der Waals surface area contributed by atoms with E-state index < -0.39 is 0 Å². The molecule has 2 aromatic carbocycles. The molecule has 5 nitrogen and oxygen atoms in total. The minimum Gasteiger partial charge on any atom is -0.340 e. The number of carbonyl (C=O) groups excluding carboxylic acids is 1. The van der Waals surface area contributed by atoms with E-state index in [1.54, 1.807) is 6.33 Å². The number of aromatic nitrogens is 2. The topological polar surface area (TPSA) is 58.1 Å². The Balaban J connectivity index is 1.55. The number of carbonyl (C=O) groups is 1. The highest BCUT2D eigenvalue weighted by molar-refractivity contribution is 5.95. The van der Waals surface area contributed by atoms with Crippen molar-refractivity contribution >= 4 is 28.3 Å². The van der Waals surface area contributed by atoms with E-state index in [0.717, 1.165) is 53.9 Å². The van der Waals surface area contributed by atoms with Crippen LogP contribution < -0.4 is 5.32 Å². The van der Waals surface area contributed by atoms with Crippen LogP contribution in [0.2, 0.25) is 0 Å². The van der Waals surface area contributed by atoms with E-state index in [9.17, 15) is 4.79 Å². The second-order valence-electron chi connectivity index (χ2n) is 5.94. The van der Waals surface area contributed by atoms with Crippen molar-refractivity contribution in [1.29, 1.82) is 0 Å². The van der Waals surface area contributed by atoms with Gasteiger partial charge in [-0.3, -0.25) is 4.79 Å². The van der Waals surface area contributed by atoms with E-state index in [1.165, 1.54) is 0 Å². The molecule has 4 rings (SSSR count). The summed E-state index contributed by atoms with van der Waals surface area (Å²) in [6.45, 7) is 1.73. The predicted octanol–water partition coefficient (Wildman–Crippen LogP) is 3.61. The quantitative estimate of drug-likeness (QED) is 0.801. The van der Waals surface area contributed by atoms with Gasteiger partial charge in [0, 0.05) is 29.7 Å². The van der Waals surface area contributed by atoms with Crippen LogP contribution in [0.1, 0.15) is 23.2 Å². The maximum atomic E-state index is 12.4. The Bertz CT molecular complexity index is 865. The number of anilines is 2. The molecule has 1 N–H and O–H groups in total. The zero-order valence-corrected chi connectivity index (χ0v) is 13.3. The van der Waals surface area contributed by atoms with Crippen LogP contribution in [0.15, 0.2) is 54.9 Å². The summed E-state index contributed by atoms with van der Waals surface area (Å²) in [6, 6.07) is 15.4. The van der Waals surface area contributed by atoms with Gasteiger partial charge in [-0.2, -0.15) is 0 Å². The van der Waals surface area contributed by atoms with Crippen LogP contribution in [0.25, 0.3) is 10.9 Å². The lowest BCUT2D eigenvalue weighted by molar-refractivity contribution is 0.0793. The van der Waals surface area contributed by atoms with Gasteiger partial charge < -0.3 is 10.2 Å². The Hall–Kier alpha value is -2.95. The third kappa shape index (κ3) is 2.80. The van der Waals surface area contributed by atoms with Crippen molar-refractivity contribution in [2.45, 2.75) is 12.8 Å². The normalized spacial score (nSPS) is 14.1. The highest BCUT2D eigenvalue weighted by Gasteiger charge is 2.19. The van der Waals surface area contributed by atoms with Crippen molar-refractivity contribution in [3.05, 3.63) is 60.4 Å². The number of nitrogens with one attached hydrogen (secondary N) is 1. The molecule has 0 atom stereocenters. The van der Waals surface area contributed by atoms with Gasteiger partial charge in [-0.15, -0.1) is 0 Å². The molecule has 0 unspecified atom stereocenters. The van der Waals surface area contributed by atoms with Crippen LogP contribution in [-0.2, 0) is 0 Å². The van der Waals surface area contributed by atoms with Crippen molar-refractivity contribution in [3.8, 4) is 0 Å². The van der Waals surface area contributed by atoms with Gasteiger partial charge in [-0.1, -0.05) is 12.1 Å². The number of fused-ring (bicyclic) bond motifs is 1. The Morgan fingerprint density at radius 2 is 1.71 bits per heavy atom. The van der Waals surface area contributed by atoms with Crippen molar-refractivity contribution in [2.75, 3.05) is 18.4 Å². The largest absolute Gasteiger partial charge is 0.340 e. The van der Waals surface area contributed by atoms with Crippen LogP contribution in [0.5, 0.6) is 0 Å². The number of benzene rings is 2. The van der Waals surface area contributed by atoms with E-state index >= 15 is 0 Å². The summed E-state index contributed by atoms with van der Waals surface area (Å²) in [5.74, 6) is 0.880. The molecule has 120 valence electrons. The molecule has 5 heteroatoms. The van der Waals surface area contributed by atoms with Crippen LogP contribution in [0.3, 0.4) is 0 Å². The molecule has 1 fully saturated rings. The summed E-state index contributed by atoms with van der Waals surface area (Å²) in [5.41, 5.74) is 2.53. The maximum Gasteiger partial charge on any atom is 0.253 e. The Kier molecular flexibility index (Phi) is 3.83. The second kappa shape index (κ2) is 6.28. The summed E-state index contributed by atoms with van der Waals surface area (Å²) in [4.78, 5) is 22.9. The van der Waals surface area contributed by atoms with E-state index in [1.807, 2.05) is 53.4 Å². The van der Waals surface area contributed by atoms with Gasteiger partial charge in [-0.05, 0) is 49.2 Å². The van der Waals surface area contributed by atoms with Gasteiger partial charge in [-0.25, -0.2) is 9.97 Å². The molecule has 3 aromatic rings. The number of amides is 1. The average Bonchev–Trinajstić information content (AvgIpc) is 3.17. The third-order valence-electron chi connectivity index (χ3n) is 4.33. The first-order valence-electron chi connectivity index (χ1n) is 8.17. The molecule has 1 aromatic heterocycles. The van der Waals surface area contributed by atoms with Crippen molar-refractivity contribution in [1.82, 2.24) is 14.9 Å². The molecular formula is C19H18N4O. The molecule has 1 amide bonds. The molecule has 1 aliphatic rings. The molecule has 24 heavy (non-hydrogen) atoms. The fourth-order valence-electron chi connectivity index (χ4n) is 3.04. The molecule has 0 saturated carbocycles. The monoisotopic (exact) mass is 318 g/mol. The van der Waals surface area contributed by atoms with E-state index in [2.05, 4.69) is 15.3 Å². The first kappa shape index (κ1) is 14.6. The van der Waals surface area contributed by atoms with Crippen LogP contribution >= 0.6 is 0 Å². The van der Waals surface area contributed by atoms with Crippen LogP contribution in [0.4, 0.5) is 11.5 Å².